The Morgan fingerprint density at radius 1 is 1.50 bits per heavy atom. The summed E-state index contributed by atoms with van der Waals surface area (Å²) < 4.78 is 5.26. The van der Waals surface area contributed by atoms with Crippen LogP contribution >= 0.6 is 0 Å². The van der Waals surface area contributed by atoms with E-state index in [1.807, 2.05) is 20.8 Å². The molecule has 0 amide bonds. The molecule has 1 rings (SSSR count). The van der Waals surface area contributed by atoms with E-state index in [1.165, 1.54) is 0 Å². The molecular weight excluding hydrogens is 152 g/mol. The summed E-state index contributed by atoms with van der Waals surface area (Å²) in [6, 6.07) is 0. The van der Waals surface area contributed by atoms with E-state index in [0.717, 1.165) is 26.1 Å². The second-order valence-electron chi connectivity index (χ2n) is 2.93. The fourth-order valence-corrected chi connectivity index (χ4v) is 1.19. The molecular formula is C9H22N2O. The molecule has 0 saturated carbocycles. The average molecular weight is 174 g/mol. The van der Waals surface area contributed by atoms with E-state index in [9.17, 15) is 0 Å². The summed E-state index contributed by atoms with van der Waals surface area (Å²) in [6.45, 7) is 9.37. The number of hydrogen-bond donors (Lipinski definition) is 2. The molecule has 0 aromatic heterocycles. The molecule has 0 aromatic carbocycles. The Kier molecular flexibility index (Phi) is 6.34. The molecule has 1 fully saturated rings. The highest BCUT2D eigenvalue weighted by Crippen LogP contribution is 2.10. The quantitative estimate of drug-likeness (QED) is 0.663. The number of hydrogen-bond acceptors (Lipinski definition) is 3. The third kappa shape index (κ3) is 4.04. The van der Waals surface area contributed by atoms with Crippen molar-refractivity contribution in [2.45, 2.75) is 32.7 Å². The normalized spacial score (nSPS) is 28.0. The SMILES string of the molecule is CC.CCOCC1(N)CCNC1. The molecule has 12 heavy (non-hydrogen) atoms. The van der Waals surface area contributed by atoms with E-state index in [-0.39, 0.29) is 5.54 Å². The molecule has 0 aliphatic carbocycles. The first-order valence-electron chi connectivity index (χ1n) is 4.84. The van der Waals surface area contributed by atoms with Crippen LogP contribution in [0, 0.1) is 0 Å². The van der Waals surface area contributed by atoms with E-state index in [1.54, 1.807) is 0 Å². The van der Waals surface area contributed by atoms with Gasteiger partial charge in [0.15, 0.2) is 0 Å². The minimum absolute atomic E-state index is 0.0873. The number of ether oxygens (including phenoxy) is 1. The number of nitrogens with two attached hydrogens (primary N) is 1. The van der Waals surface area contributed by atoms with Crippen LogP contribution in [0.15, 0.2) is 0 Å². The molecule has 0 aromatic rings. The van der Waals surface area contributed by atoms with Gasteiger partial charge in [0.05, 0.1) is 12.1 Å². The molecule has 1 saturated heterocycles. The van der Waals surface area contributed by atoms with Gasteiger partial charge in [-0.05, 0) is 19.9 Å². The van der Waals surface area contributed by atoms with Crippen LogP contribution in [0.25, 0.3) is 0 Å². The Morgan fingerprint density at radius 3 is 2.58 bits per heavy atom. The molecule has 1 atom stereocenters. The molecule has 3 N–H and O–H groups in total. The molecule has 0 radical (unpaired) electrons. The van der Waals surface area contributed by atoms with E-state index in [4.69, 9.17) is 10.5 Å². The van der Waals surface area contributed by atoms with Gasteiger partial charge >= 0.3 is 0 Å². The second-order valence-corrected chi connectivity index (χ2v) is 2.93. The topological polar surface area (TPSA) is 47.3 Å². The van der Waals surface area contributed by atoms with E-state index >= 15 is 0 Å². The van der Waals surface area contributed by atoms with Crippen LogP contribution in [0.1, 0.15) is 27.2 Å². The standard InChI is InChI=1S/C7H16N2O.C2H6/c1-2-10-6-7(8)3-4-9-5-7;1-2/h9H,2-6,8H2,1H3;1-2H3. The van der Waals surface area contributed by atoms with Gasteiger partial charge in [0.2, 0.25) is 0 Å². The zero-order chi connectivity index (χ0) is 9.45. The van der Waals surface area contributed by atoms with Gasteiger partial charge in [-0.1, -0.05) is 13.8 Å². The predicted octanol–water partition coefficient (Wildman–Crippen LogP) is 0.740. The summed E-state index contributed by atoms with van der Waals surface area (Å²) >= 11 is 0. The van der Waals surface area contributed by atoms with E-state index in [0.29, 0.717) is 6.61 Å². The van der Waals surface area contributed by atoms with Crippen molar-refractivity contribution < 1.29 is 4.74 Å². The highest BCUT2D eigenvalue weighted by Gasteiger charge is 2.28. The van der Waals surface area contributed by atoms with Crippen molar-refractivity contribution in [2.24, 2.45) is 5.73 Å². The monoisotopic (exact) mass is 174 g/mol. The lowest BCUT2D eigenvalue weighted by molar-refractivity contribution is 0.102. The minimum atomic E-state index is -0.0873. The van der Waals surface area contributed by atoms with Gasteiger partial charge in [-0.15, -0.1) is 0 Å². The van der Waals surface area contributed by atoms with Crippen molar-refractivity contribution in [1.29, 1.82) is 0 Å². The number of rotatable bonds is 3. The fraction of sp³-hybridized carbons (Fsp3) is 1.00. The molecule has 74 valence electrons. The van der Waals surface area contributed by atoms with Crippen molar-refractivity contribution in [1.82, 2.24) is 5.32 Å². The molecule has 1 heterocycles. The molecule has 1 aliphatic rings. The second kappa shape index (κ2) is 6.40. The summed E-state index contributed by atoms with van der Waals surface area (Å²) in [5.74, 6) is 0. The number of nitrogens with one attached hydrogen (secondary N) is 1. The smallest absolute Gasteiger partial charge is 0.0658 e. The molecule has 0 bridgehead atoms. The van der Waals surface area contributed by atoms with Crippen LogP contribution in [0.3, 0.4) is 0 Å². The molecule has 0 spiro atoms. The highest BCUT2D eigenvalue weighted by molar-refractivity contribution is 4.92. The van der Waals surface area contributed by atoms with Crippen molar-refractivity contribution in [3.05, 3.63) is 0 Å². The van der Waals surface area contributed by atoms with Crippen molar-refractivity contribution in [3.63, 3.8) is 0 Å². The Bertz CT molecular complexity index is 101. The average Bonchev–Trinajstić information content (AvgIpc) is 2.53. The van der Waals surface area contributed by atoms with Crippen LogP contribution < -0.4 is 11.1 Å². The Labute approximate surface area is 75.7 Å². The largest absolute Gasteiger partial charge is 0.380 e. The summed E-state index contributed by atoms with van der Waals surface area (Å²) in [5, 5.41) is 3.22. The lowest BCUT2D eigenvalue weighted by Gasteiger charge is -2.21. The van der Waals surface area contributed by atoms with Gasteiger partial charge in [-0.25, -0.2) is 0 Å². The lowest BCUT2D eigenvalue weighted by Crippen LogP contribution is -2.46. The van der Waals surface area contributed by atoms with Gasteiger partial charge in [0.25, 0.3) is 0 Å². The minimum Gasteiger partial charge on any atom is -0.380 e. The Hall–Kier alpha value is -0.120. The first-order chi connectivity index (χ1) is 5.77. The van der Waals surface area contributed by atoms with Gasteiger partial charge < -0.3 is 15.8 Å². The third-order valence-electron chi connectivity index (χ3n) is 1.87. The zero-order valence-corrected chi connectivity index (χ0v) is 8.52. The van der Waals surface area contributed by atoms with Crippen LogP contribution in [0.2, 0.25) is 0 Å². The summed E-state index contributed by atoms with van der Waals surface area (Å²) in [7, 11) is 0. The first kappa shape index (κ1) is 11.9. The zero-order valence-electron chi connectivity index (χ0n) is 8.52. The lowest BCUT2D eigenvalue weighted by atomic mass is 10.0. The Balaban J connectivity index is 0.000000561. The van der Waals surface area contributed by atoms with Crippen LogP contribution in [0.5, 0.6) is 0 Å². The summed E-state index contributed by atoms with van der Waals surface area (Å²) in [6.07, 6.45) is 1.03. The van der Waals surface area contributed by atoms with Gasteiger partial charge in [0.1, 0.15) is 0 Å². The van der Waals surface area contributed by atoms with Crippen molar-refractivity contribution in [3.8, 4) is 0 Å². The predicted molar refractivity (Wildman–Crippen MR) is 52.2 cm³/mol. The molecule has 1 aliphatic heterocycles. The van der Waals surface area contributed by atoms with Crippen molar-refractivity contribution in [2.75, 3.05) is 26.3 Å². The Morgan fingerprint density at radius 2 is 2.17 bits per heavy atom. The van der Waals surface area contributed by atoms with Gasteiger partial charge in [-0.3, -0.25) is 0 Å². The van der Waals surface area contributed by atoms with Crippen LogP contribution in [0.4, 0.5) is 0 Å². The van der Waals surface area contributed by atoms with Gasteiger partial charge in [-0.2, -0.15) is 0 Å². The summed E-state index contributed by atoms with van der Waals surface area (Å²) in [5.41, 5.74) is 5.87. The molecule has 3 heteroatoms. The van der Waals surface area contributed by atoms with Crippen molar-refractivity contribution >= 4 is 0 Å². The summed E-state index contributed by atoms with van der Waals surface area (Å²) in [4.78, 5) is 0. The maximum absolute atomic E-state index is 5.96. The van der Waals surface area contributed by atoms with Crippen LogP contribution in [-0.2, 0) is 4.74 Å². The van der Waals surface area contributed by atoms with Gasteiger partial charge in [0, 0.05) is 13.2 Å². The van der Waals surface area contributed by atoms with Crippen LogP contribution in [-0.4, -0.2) is 31.8 Å². The maximum atomic E-state index is 5.96. The van der Waals surface area contributed by atoms with E-state index in [2.05, 4.69) is 5.32 Å². The third-order valence-corrected chi connectivity index (χ3v) is 1.87. The first-order valence-corrected chi connectivity index (χ1v) is 4.84. The van der Waals surface area contributed by atoms with E-state index < -0.39 is 0 Å². The molecule has 3 nitrogen and oxygen atoms in total. The fourth-order valence-electron chi connectivity index (χ4n) is 1.19. The molecule has 1 unspecified atom stereocenters. The highest BCUT2D eigenvalue weighted by atomic mass is 16.5. The maximum Gasteiger partial charge on any atom is 0.0658 e.